The zero-order valence-corrected chi connectivity index (χ0v) is 14.5. The van der Waals surface area contributed by atoms with Gasteiger partial charge in [0.15, 0.2) is 0 Å². The average molecular weight is 316 g/mol. The first kappa shape index (κ1) is 17.7. The van der Waals surface area contributed by atoms with E-state index >= 15 is 0 Å². The topological polar surface area (TPSA) is 49.4 Å². The Morgan fingerprint density at radius 1 is 1.09 bits per heavy atom. The number of hydrogen-bond acceptors (Lipinski definition) is 3. The van der Waals surface area contributed by atoms with Crippen molar-refractivity contribution < 1.29 is 9.59 Å². The van der Waals surface area contributed by atoms with Crippen molar-refractivity contribution in [3.8, 4) is 0 Å². The van der Waals surface area contributed by atoms with Crippen LogP contribution >= 0.6 is 0 Å². The highest BCUT2D eigenvalue weighted by Crippen LogP contribution is 2.35. The molecule has 4 nitrogen and oxygen atoms in total. The van der Waals surface area contributed by atoms with Crippen LogP contribution in [-0.4, -0.2) is 36.3 Å². The summed E-state index contributed by atoms with van der Waals surface area (Å²) in [4.78, 5) is 26.2. The first-order valence-electron chi connectivity index (χ1n) is 8.71. The van der Waals surface area contributed by atoms with Crippen LogP contribution in [0.3, 0.4) is 0 Å². The molecule has 1 heterocycles. The average Bonchev–Trinajstić information content (AvgIpc) is 2.57. The summed E-state index contributed by atoms with van der Waals surface area (Å²) in [7, 11) is 0. The lowest BCUT2D eigenvalue weighted by Crippen LogP contribution is -2.51. The molecule has 1 fully saturated rings. The van der Waals surface area contributed by atoms with Crippen LogP contribution in [0.4, 0.5) is 0 Å². The smallest absolute Gasteiger partial charge is 0.237 e. The fourth-order valence-corrected chi connectivity index (χ4v) is 3.38. The maximum atomic E-state index is 12.4. The van der Waals surface area contributed by atoms with E-state index in [0.29, 0.717) is 19.3 Å². The second-order valence-electron chi connectivity index (χ2n) is 6.29. The first-order valence-corrected chi connectivity index (χ1v) is 8.71. The van der Waals surface area contributed by atoms with Crippen molar-refractivity contribution in [3.05, 3.63) is 35.4 Å². The van der Waals surface area contributed by atoms with Gasteiger partial charge in [0.1, 0.15) is 0 Å². The number of amides is 2. The molecule has 1 aromatic carbocycles. The van der Waals surface area contributed by atoms with Gasteiger partial charge >= 0.3 is 0 Å². The highest BCUT2D eigenvalue weighted by molar-refractivity contribution is 6.03. The largest absolute Gasteiger partial charge is 0.304 e. The van der Waals surface area contributed by atoms with Gasteiger partial charge in [-0.2, -0.15) is 0 Å². The van der Waals surface area contributed by atoms with Gasteiger partial charge in [0.25, 0.3) is 0 Å². The molecule has 4 heteroatoms. The van der Waals surface area contributed by atoms with Gasteiger partial charge in [-0.1, -0.05) is 45.0 Å². The fraction of sp³-hybridized carbons (Fsp3) is 0.579. The van der Waals surface area contributed by atoms with Crippen LogP contribution in [-0.2, 0) is 21.4 Å². The summed E-state index contributed by atoms with van der Waals surface area (Å²) in [5.74, 6) is -0.304. The van der Waals surface area contributed by atoms with E-state index in [1.165, 1.54) is 5.56 Å². The minimum absolute atomic E-state index is 0.146. The summed E-state index contributed by atoms with van der Waals surface area (Å²) in [6.45, 7) is 9.58. The lowest BCUT2D eigenvalue weighted by molar-refractivity contribution is -0.138. The Morgan fingerprint density at radius 2 is 1.74 bits per heavy atom. The Kier molecular flexibility index (Phi) is 5.94. The maximum Gasteiger partial charge on any atom is 0.237 e. The SMILES string of the molecule is CCN(CC)CCc1ccc([C@]2(CC)CCC(=O)NC2=O)cc1. The molecule has 0 aliphatic carbocycles. The summed E-state index contributed by atoms with van der Waals surface area (Å²) in [6.07, 6.45) is 2.76. The summed E-state index contributed by atoms with van der Waals surface area (Å²) >= 11 is 0. The van der Waals surface area contributed by atoms with Gasteiger partial charge in [0.05, 0.1) is 5.41 Å². The Morgan fingerprint density at radius 3 is 2.26 bits per heavy atom. The number of likely N-dealkylation sites (N-methyl/N-ethyl adjacent to an activating group) is 1. The third-order valence-electron chi connectivity index (χ3n) is 5.19. The van der Waals surface area contributed by atoms with Crippen molar-refractivity contribution in [2.24, 2.45) is 0 Å². The number of piperidine rings is 1. The number of carbonyl (C=O) groups excluding carboxylic acids is 2. The molecule has 1 aromatic rings. The molecule has 1 saturated heterocycles. The van der Waals surface area contributed by atoms with E-state index in [1.54, 1.807) is 0 Å². The molecule has 0 spiro atoms. The van der Waals surface area contributed by atoms with Crippen LogP contribution in [0.25, 0.3) is 0 Å². The number of imide groups is 1. The van der Waals surface area contributed by atoms with Crippen LogP contribution in [0.1, 0.15) is 51.2 Å². The standard InChI is InChI=1S/C19H28N2O2/c1-4-19(13-11-17(22)20-18(19)23)16-9-7-15(8-10-16)12-14-21(5-2)6-3/h7-10H,4-6,11-14H2,1-3H3,(H,20,22,23)/t19-/m0/s1. The van der Waals surface area contributed by atoms with E-state index in [2.05, 4.69) is 48.3 Å². The van der Waals surface area contributed by atoms with E-state index in [0.717, 1.165) is 31.6 Å². The molecule has 2 rings (SSSR count). The first-order chi connectivity index (χ1) is 11.1. The van der Waals surface area contributed by atoms with E-state index in [4.69, 9.17) is 0 Å². The molecular formula is C19H28N2O2. The molecule has 126 valence electrons. The van der Waals surface area contributed by atoms with E-state index in [-0.39, 0.29) is 11.8 Å². The van der Waals surface area contributed by atoms with Crippen LogP contribution in [0.5, 0.6) is 0 Å². The lowest BCUT2D eigenvalue weighted by Gasteiger charge is -2.35. The van der Waals surface area contributed by atoms with E-state index in [1.807, 2.05) is 6.92 Å². The second-order valence-corrected chi connectivity index (χ2v) is 6.29. The molecular weight excluding hydrogens is 288 g/mol. The van der Waals surface area contributed by atoms with Gasteiger partial charge in [0, 0.05) is 13.0 Å². The summed E-state index contributed by atoms with van der Waals surface area (Å²) < 4.78 is 0. The molecule has 0 aromatic heterocycles. The van der Waals surface area contributed by atoms with E-state index in [9.17, 15) is 9.59 Å². The monoisotopic (exact) mass is 316 g/mol. The second kappa shape index (κ2) is 7.73. The maximum absolute atomic E-state index is 12.4. The van der Waals surface area contributed by atoms with Crippen LogP contribution in [0.2, 0.25) is 0 Å². The number of benzene rings is 1. The van der Waals surface area contributed by atoms with Crippen LogP contribution in [0.15, 0.2) is 24.3 Å². The molecule has 1 atom stereocenters. The van der Waals surface area contributed by atoms with Crippen LogP contribution in [0, 0.1) is 0 Å². The molecule has 0 radical (unpaired) electrons. The Bertz CT molecular complexity index is 549. The minimum atomic E-state index is -0.550. The number of nitrogens with one attached hydrogen (secondary N) is 1. The zero-order valence-electron chi connectivity index (χ0n) is 14.5. The van der Waals surface area contributed by atoms with E-state index < -0.39 is 5.41 Å². The predicted octanol–water partition coefficient (Wildman–Crippen LogP) is 2.66. The highest BCUT2D eigenvalue weighted by Gasteiger charge is 2.42. The van der Waals surface area contributed by atoms with Gasteiger partial charge in [-0.3, -0.25) is 14.9 Å². The number of rotatable bonds is 7. The Labute approximate surface area is 139 Å². The molecule has 1 N–H and O–H groups in total. The molecule has 1 aliphatic rings. The highest BCUT2D eigenvalue weighted by atomic mass is 16.2. The predicted molar refractivity (Wildman–Crippen MR) is 92.3 cm³/mol. The summed E-state index contributed by atoms with van der Waals surface area (Å²) in [6, 6.07) is 8.38. The van der Waals surface area contributed by atoms with Gasteiger partial charge < -0.3 is 4.90 Å². The Balaban J connectivity index is 2.11. The minimum Gasteiger partial charge on any atom is -0.304 e. The van der Waals surface area contributed by atoms with Crippen molar-refractivity contribution in [2.75, 3.05) is 19.6 Å². The van der Waals surface area contributed by atoms with Crippen molar-refractivity contribution in [2.45, 2.75) is 51.9 Å². The molecule has 1 aliphatic heterocycles. The molecule has 0 unspecified atom stereocenters. The third-order valence-corrected chi connectivity index (χ3v) is 5.19. The third kappa shape index (κ3) is 3.81. The zero-order chi connectivity index (χ0) is 16.9. The van der Waals surface area contributed by atoms with Gasteiger partial charge in [-0.15, -0.1) is 0 Å². The summed E-state index contributed by atoms with van der Waals surface area (Å²) in [5, 5.41) is 2.50. The van der Waals surface area contributed by atoms with Crippen molar-refractivity contribution >= 4 is 11.8 Å². The van der Waals surface area contributed by atoms with Gasteiger partial charge in [-0.05, 0) is 43.5 Å². The van der Waals surface area contributed by atoms with Gasteiger partial charge in [-0.25, -0.2) is 0 Å². The van der Waals surface area contributed by atoms with Gasteiger partial charge in [0.2, 0.25) is 11.8 Å². The summed E-state index contributed by atoms with van der Waals surface area (Å²) in [5.41, 5.74) is 1.77. The molecule has 0 saturated carbocycles. The van der Waals surface area contributed by atoms with Crippen molar-refractivity contribution in [1.29, 1.82) is 0 Å². The quantitative estimate of drug-likeness (QED) is 0.787. The number of carbonyl (C=O) groups is 2. The molecule has 23 heavy (non-hydrogen) atoms. The Hall–Kier alpha value is -1.68. The molecule has 2 amide bonds. The van der Waals surface area contributed by atoms with Crippen molar-refractivity contribution in [3.63, 3.8) is 0 Å². The number of nitrogens with zero attached hydrogens (tertiary/aromatic N) is 1. The lowest BCUT2D eigenvalue weighted by atomic mass is 9.72. The van der Waals surface area contributed by atoms with Crippen molar-refractivity contribution in [1.82, 2.24) is 10.2 Å². The van der Waals surface area contributed by atoms with Crippen LogP contribution < -0.4 is 5.32 Å². The number of hydrogen-bond donors (Lipinski definition) is 1. The fourth-order valence-electron chi connectivity index (χ4n) is 3.38. The normalized spacial score (nSPS) is 21.6. The molecule has 0 bridgehead atoms.